The molecule has 0 fully saturated rings. The molecule has 0 saturated carbocycles. The molecule has 2 amide bonds. The summed E-state index contributed by atoms with van der Waals surface area (Å²) in [5, 5.41) is 0. The van der Waals surface area contributed by atoms with E-state index in [1.54, 1.807) is 21.6 Å². The van der Waals surface area contributed by atoms with Gasteiger partial charge in [0.05, 0.1) is 0 Å². The van der Waals surface area contributed by atoms with Gasteiger partial charge in [-0.05, 0) is 71.5 Å². The lowest BCUT2D eigenvalue weighted by Crippen LogP contribution is -2.30. The molecule has 0 bridgehead atoms. The summed E-state index contributed by atoms with van der Waals surface area (Å²) >= 11 is 0. The van der Waals surface area contributed by atoms with Crippen molar-refractivity contribution in [2.24, 2.45) is 7.05 Å². The molecule has 1 aromatic heterocycles. The van der Waals surface area contributed by atoms with Crippen LogP contribution in [0.2, 0.25) is 0 Å². The Labute approximate surface area is 338 Å². The molecule has 3 aromatic rings. The monoisotopic (exact) mass is 779 g/mol. The van der Waals surface area contributed by atoms with Crippen LogP contribution in [0.3, 0.4) is 0 Å². The van der Waals surface area contributed by atoms with Crippen LogP contribution < -0.4 is 14.4 Å². The Kier molecular flexibility index (Phi) is 18.2. The molecule has 2 aromatic carbocycles. The number of nitrogens with zero attached hydrogens (tertiary/aromatic N) is 6. The Morgan fingerprint density at radius 2 is 1.09 bits per heavy atom. The first-order valence-corrected chi connectivity index (χ1v) is 21.5. The highest BCUT2D eigenvalue weighted by molar-refractivity contribution is 8.76. The number of rotatable bonds is 21. The molecule has 0 spiro atoms. The van der Waals surface area contributed by atoms with E-state index >= 15 is 0 Å². The molecule has 1 aliphatic heterocycles. The molecule has 2 heterocycles. The first kappa shape index (κ1) is 43.1. The SMILES string of the molecule is CN1C=CC=C(/C=C/c2ccc(N(C)CCCN(C)C(=O)CCSSCCC(=O)N(C)CCCN(C)c3ccc(/C=C/c4cc[n+](C)cc4)cc3)cc2)C=C1. The van der Waals surface area contributed by atoms with E-state index in [1.807, 2.05) is 78.3 Å². The molecular formula is C45H59N6O2S2+. The third kappa shape index (κ3) is 15.9. The lowest BCUT2D eigenvalue weighted by atomic mass is 10.1. The van der Waals surface area contributed by atoms with Crippen molar-refractivity contribution in [3.8, 4) is 0 Å². The number of carbonyl (C=O) groups excluding carboxylic acids is 2. The molecule has 0 N–H and O–H groups in total. The molecular weight excluding hydrogens is 721 g/mol. The number of pyridine rings is 1. The van der Waals surface area contributed by atoms with Gasteiger partial charge in [-0.3, -0.25) is 9.59 Å². The summed E-state index contributed by atoms with van der Waals surface area (Å²) < 4.78 is 2.03. The first-order chi connectivity index (χ1) is 26.6. The molecule has 1 aliphatic rings. The van der Waals surface area contributed by atoms with Crippen LogP contribution >= 0.6 is 21.6 Å². The molecule has 55 heavy (non-hydrogen) atoms. The van der Waals surface area contributed by atoms with Crippen LogP contribution in [0.25, 0.3) is 18.2 Å². The molecule has 292 valence electrons. The summed E-state index contributed by atoms with van der Waals surface area (Å²) in [7, 11) is 15.4. The second kappa shape index (κ2) is 23.3. The fourth-order valence-electron chi connectivity index (χ4n) is 5.75. The Morgan fingerprint density at radius 3 is 1.58 bits per heavy atom. The van der Waals surface area contributed by atoms with Crippen molar-refractivity contribution in [1.82, 2.24) is 14.7 Å². The van der Waals surface area contributed by atoms with Crippen LogP contribution in [0.4, 0.5) is 11.4 Å². The summed E-state index contributed by atoms with van der Waals surface area (Å²) in [6.07, 6.45) is 25.7. The lowest BCUT2D eigenvalue weighted by Gasteiger charge is -2.22. The van der Waals surface area contributed by atoms with Crippen molar-refractivity contribution in [3.63, 3.8) is 0 Å². The van der Waals surface area contributed by atoms with E-state index < -0.39 is 0 Å². The van der Waals surface area contributed by atoms with Gasteiger partial charge in [-0.1, -0.05) is 76.2 Å². The number of allylic oxidation sites excluding steroid dienone is 5. The van der Waals surface area contributed by atoms with Crippen LogP contribution in [-0.4, -0.2) is 99.4 Å². The van der Waals surface area contributed by atoms with Gasteiger partial charge < -0.3 is 24.5 Å². The highest BCUT2D eigenvalue weighted by atomic mass is 33.1. The maximum Gasteiger partial charge on any atom is 0.223 e. The number of anilines is 2. The van der Waals surface area contributed by atoms with Gasteiger partial charge in [-0.15, -0.1) is 0 Å². The number of hydrogen-bond acceptors (Lipinski definition) is 7. The van der Waals surface area contributed by atoms with Crippen LogP contribution in [0.15, 0.2) is 115 Å². The fourth-order valence-corrected chi connectivity index (χ4v) is 7.71. The molecule has 4 rings (SSSR count). The largest absolute Gasteiger partial charge is 0.375 e. The van der Waals surface area contributed by atoms with Gasteiger partial charge in [0, 0.05) is 122 Å². The van der Waals surface area contributed by atoms with Crippen LogP contribution in [0.1, 0.15) is 42.4 Å². The minimum absolute atomic E-state index is 0.165. The van der Waals surface area contributed by atoms with E-state index in [2.05, 4.69) is 121 Å². The zero-order valence-corrected chi connectivity index (χ0v) is 35.1. The second-order valence-electron chi connectivity index (χ2n) is 14.0. The summed E-state index contributed by atoms with van der Waals surface area (Å²) in [5.74, 6) is 1.82. The Morgan fingerprint density at radius 1 is 0.636 bits per heavy atom. The van der Waals surface area contributed by atoms with Crippen molar-refractivity contribution in [2.75, 3.05) is 82.7 Å². The third-order valence-corrected chi connectivity index (χ3v) is 11.8. The number of hydrogen-bond donors (Lipinski definition) is 0. The Hall–Kier alpha value is -4.67. The summed E-state index contributed by atoms with van der Waals surface area (Å²) in [6.45, 7) is 3.20. The van der Waals surface area contributed by atoms with E-state index in [0.29, 0.717) is 12.8 Å². The summed E-state index contributed by atoms with van der Waals surface area (Å²) in [6, 6.07) is 21.3. The number of aromatic nitrogens is 1. The van der Waals surface area contributed by atoms with Gasteiger partial charge in [0.15, 0.2) is 12.4 Å². The molecule has 8 nitrogen and oxygen atoms in total. The normalized spacial score (nSPS) is 12.6. The van der Waals surface area contributed by atoms with E-state index in [0.717, 1.165) is 78.6 Å². The summed E-state index contributed by atoms with van der Waals surface area (Å²) in [5.41, 5.74) is 6.97. The highest BCUT2D eigenvalue weighted by Gasteiger charge is 2.12. The van der Waals surface area contributed by atoms with Gasteiger partial charge in [-0.2, -0.15) is 0 Å². The van der Waals surface area contributed by atoms with Crippen LogP contribution in [0.5, 0.6) is 0 Å². The molecule has 0 atom stereocenters. The van der Waals surface area contributed by atoms with E-state index in [1.165, 1.54) is 5.56 Å². The predicted octanol–water partition coefficient (Wildman–Crippen LogP) is 8.03. The molecule has 0 radical (unpaired) electrons. The van der Waals surface area contributed by atoms with Crippen LogP contribution in [-0.2, 0) is 16.6 Å². The lowest BCUT2D eigenvalue weighted by molar-refractivity contribution is -0.671. The van der Waals surface area contributed by atoms with Crippen molar-refractivity contribution in [2.45, 2.75) is 25.7 Å². The Balaban J connectivity index is 1.01. The second-order valence-corrected chi connectivity index (χ2v) is 16.7. The number of benzene rings is 2. The molecule has 0 unspecified atom stereocenters. The summed E-state index contributed by atoms with van der Waals surface area (Å²) in [4.78, 5) is 35.6. The average molecular weight is 780 g/mol. The minimum atomic E-state index is 0.165. The quantitative estimate of drug-likeness (QED) is 0.0617. The number of carbonyl (C=O) groups is 2. The Bertz CT molecular complexity index is 1790. The average Bonchev–Trinajstić information content (AvgIpc) is 3.41. The maximum absolute atomic E-state index is 12.7. The fraction of sp³-hybridized carbons (Fsp3) is 0.356. The van der Waals surface area contributed by atoms with Crippen molar-refractivity contribution >= 4 is 63.0 Å². The third-order valence-electron chi connectivity index (χ3n) is 9.43. The van der Waals surface area contributed by atoms with Gasteiger partial charge >= 0.3 is 0 Å². The molecule has 0 saturated heterocycles. The standard InChI is InChI=1S/C45H59N6O2S2/c1-46-28-7-10-38(23-33-46)11-12-39-15-19-42(20-16-39)48(3)29-8-31-50(5)44(52)26-36-54-55-37-27-45(53)51(6)32-9-30-49(4)43-21-17-40(18-22-43)13-14-41-24-34-47(2)35-25-41/h7,10-25,28,33-35H,8-9,26-27,29-32,36-37H2,1-6H3/q+1/b12-11+. The van der Waals surface area contributed by atoms with Crippen molar-refractivity contribution in [1.29, 1.82) is 0 Å². The first-order valence-electron chi connectivity index (χ1n) is 19.0. The van der Waals surface area contributed by atoms with Crippen LogP contribution in [0, 0.1) is 0 Å². The van der Waals surface area contributed by atoms with E-state index in [9.17, 15) is 9.59 Å². The molecule has 0 aliphatic carbocycles. The van der Waals surface area contributed by atoms with Gasteiger partial charge in [-0.25, -0.2) is 4.57 Å². The van der Waals surface area contributed by atoms with Crippen molar-refractivity contribution in [3.05, 3.63) is 132 Å². The predicted molar refractivity (Wildman–Crippen MR) is 238 cm³/mol. The highest BCUT2D eigenvalue weighted by Crippen LogP contribution is 2.23. The van der Waals surface area contributed by atoms with Gasteiger partial charge in [0.25, 0.3) is 0 Å². The van der Waals surface area contributed by atoms with Crippen molar-refractivity contribution < 1.29 is 14.2 Å². The van der Waals surface area contributed by atoms with Gasteiger partial charge in [0.2, 0.25) is 11.8 Å². The molecule has 10 heteroatoms. The minimum Gasteiger partial charge on any atom is -0.375 e. The van der Waals surface area contributed by atoms with E-state index in [-0.39, 0.29) is 11.8 Å². The number of amides is 2. The zero-order chi connectivity index (χ0) is 39.4. The maximum atomic E-state index is 12.7. The smallest absolute Gasteiger partial charge is 0.223 e. The van der Waals surface area contributed by atoms with Gasteiger partial charge in [0.1, 0.15) is 7.05 Å². The topological polar surface area (TPSA) is 54.2 Å². The number of aryl methyl sites for hydroxylation is 1. The van der Waals surface area contributed by atoms with E-state index in [4.69, 9.17) is 0 Å². The zero-order valence-electron chi connectivity index (χ0n) is 33.5.